The number of aromatic nitrogens is 8. The van der Waals surface area contributed by atoms with Crippen LogP contribution in [-0.4, -0.2) is 39.0 Å². The summed E-state index contributed by atoms with van der Waals surface area (Å²) in [5, 5.41) is 6.15. The summed E-state index contributed by atoms with van der Waals surface area (Å²) in [6.45, 7) is 0. The lowest BCUT2D eigenvalue weighted by Crippen LogP contribution is -2.05. The summed E-state index contributed by atoms with van der Waals surface area (Å²) < 4.78 is 91.7. The highest BCUT2D eigenvalue weighted by molar-refractivity contribution is 6.26. The molecule has 8 nitrogen and oxygen atoms in total. The molecule has 0 aliphatic heterocycles. The molecule has 0 unspecified atom stereocenters. The fraction of sp³-hybridized carbons (Fsp3) is 0. The van der Waals surface area contributed by atoms with Crippen molar-refractivity contribution in [2.24, 2.45) is 0 Å². The lowest BCUT2D eigenvalue weighted by atomic mass is 10.0. The zero-order chi connectivity index (χ0) is 56.2. The van der Waals surface area contributed by atoms with Crippen LogP contribution in [0.25, 0.3) is 134 Å². The molecule has 0 saturated heterocycles. The Kier molecular flexibility index (Phi) is 7.53. The third kappa shape index (κ3) is 6.84. The third-order valence-electron chi connectivity index (χ3n) is 13.0. The van der Waals surface area contributed by atoms with Gasteiger partial charge in [0.25, 0.3) is 0 Å². The topological polar surface area (TPSA) is 87.2 Å². The van der Waals surface area contributed by atoms with E-state index in [-0.39, 0.29) is 34.4 Å². The van der Waals surface area contributed by atoms with Gasteiger partial charge in [-0.25, -0.2) is 29.9 Å². The molecule has 0 fully saturated rings. The maximum Gasteiger partial charge on any atom is 0.166 e. The summed E-state index contributed by atoms with van der Waals surface area (Å²) in [6.07, 6.45) is 0. The summed E-state index contributed by atoms with van der Waals surface area (Å²) >= 11 is 0. The van der Waals surface area contributed by atoms with Crippen LogP contribution in [-0.2, 0) is 0 Å². The predicted molar refractivity (Wildman–Crippen MR) is 292 cm³/mol. The monoisotopic (exact) mass is 930 g/mol. The summed E-state index contributed by atoms with van der Waals surface area (Å²) in [4.78, 5) is 29.8. The van der Waals surface area contributed by atoms with Crippen LogP contribution in [0.15, 0.2) is 242 Å². The molecule has 0 saturated carbocycles. The highest BCUT2D eigenvalue weighted by atomic mass is 15.1. The zero-order valence-corrected chi connectivity index (χ0v) is 37.9. The van der Waals surface area contributed by atoms with Gasteiger partial charge in [-0.3, -0.25) is 0 Å². The van der Waals surface area contributed by atoms with Crippen molar-refractivity contribution in [2.75, 3.05) is 0 Å². The Balaban J connectivity index is 1.12. The smallest absolute Gasteiger partial charge is 0.166 e. The molecule has 0 amide bonds. The molecule has 4 aromatic heterocycles. The number of para-hydroxylation sites is 2. The molecule has 72 heavy (non-hydrogen) atoms. The van der Waals surface area contributed by atoms with Gasteiger partial charge in [0.05, 0.1) is 47.1 Å². The summed E-state index contributed by atoms with van der Waals surface area (Å²) in [6, 6.07) is 54.0. The van der Waals surface area contributed by atoms with Gasteiger partial charge in [0.1, 0.15) is 0 Å². The minimum atomic E-state index is -0.646. The molecule has 0 bridgehead atoms. The SMILES string of the molecule is [2H]c1c([2H])c([2H])c(-c2nc(-c3ccc(-n4c5ccccc5c5ccc6c(c7ccccc7n6-c6cccc7ccccc67)c54)c(-c4nc(-c5ccccc5)nc(-c5ccccc5)n4)c3)nc(-c3c([2H])c([2H])c([2H])c([2H])c3[2H])n2)c([2H])c1[2H]. The largest absolute Gasteiger partial charge is 0.309 e. The predicted octanol–water partition coefficient (Wildman–Crippen LogP) is 15.4. The van der Waals surface area contributed by atoms with Gasteiger partial charge < -0.3 is 9.13 Å². The van der Waals surface area contributed by atoms with Crippen LogP contribution in [0.4, 0.5) is 0 Å². The molecule has 0 spiro atoms. The quantitative estimate of drug-likeness (QED) is 0.151. The molecule has 14 rings (SSSR count). The fourth-order valence-corrected chi connectivity index (χ4v) is 9.85. The van der Waals surface area contributed by atoms with E-state index in [1.165, 1.54) is 0 Å². The van der Waals surface area contributed by atoms with Crippen molar-refractivity contribution >= 4 is 54.4 Å². The van der Waals surface area contributed by atoms with E-state index in [4.69, 9.17) is 38.6 Å². The summed E-state index contributed by atoms with van der Waals surface area (Å²) in [7, 11) is 0. The van der Waals surface area contributed by atoms with E-state index in [1.54, 1.807) is 12.1 Å². The fourth-order valence-electron chi connectivity index (χ4n) is 9.85. The van der Waals surface area contributed by atoms with Crippen molar-refractivity contribution in [3.8, 4) is 79.7 Å². The first kappa shape index (κ1) is 32.0. The minimum absolute atomic E-state index is 0.116. The average molecular weight is 931 g/mol. The second kappa shape index (κ2) is 16.9. The van der Waals surface area contributed by atoms with Gasteiger partial charge in [0.15, 0.2) is 34.9 Å². The van der Waals surface area contributed by atoms with Crippen molar-refractivity contribution in [3.63, 3.8) is 0 Å². The first-order chi connectivity index (χ1) is 39.9. The second-order valence-electron chi connectivity index (χ2n) is 17.1. The highest BCUT2D eigenvalue weighted by Gasteiger charge is 2.25. The van der Waals surface area contributed by atoms with Crippen LogP contribution in [0.3, 0.4) is 0 Å². The number of fused-ring (bicyclic) bond motifs is 8. The van der Waals surface area contributed by atoms with Crippen LogP contribution >= 0.6 is 0 Å². The van der Waals surface area contributed by atoms with Gasteiger partial charge in [-0.1, -0.05) is 200 Å². The minimum Gasteiger partial charge on any atom is -0.309 e. The molecule has 14 aromatic rings. The van der Waals surface area contributed by atoms with Crippen molar-refractivity contribution in [2.45, 2.75) is 0 Å². The summed E-state index contributed by atoms with van der Waals surface area (Å²) in [5.74, 6) is 0.132. The maximum absolute atomic E-state index is 9.01. The van der Waals surface area contributed by atoms with E-state index < -0.39 is 60.4 Å². The Morgan fingerprint density at radius 2 is 0.806 bits per heavy atom. The molecular formula is C64H40N8. The van der Waals surface area contributed by atoms with Crippen LogP contribution in [0.5, 0.6) is 0 Å². The van der Waals surface area contributed by atoms with Crippen molar-refractivity contribution < 1.29 is 13.7 Å². The number of hydrogen-bond donors (Lipinski definition) is 0. The van der Waals surface area contributed by atoms with Crippen molar-refractivity contribution in [1.82, 2.24) is 39.0 Å². The highest BCUT2D eigenvalue weighted by Crippen LogP contribution is 2.45. The van der Waals surface area contributed by atoms with E-state index in [9.17, 15) is 0 Å². The Morgan fingerprint density at radius 1 is 0.306 bits per heavy atom. The van der Waals surface area contributed by atoms with Gasteiger partial charge >= 0.3 is 0 Å². The summed E-state index contributed by atoms with van der Waals surface area (Å²) in [5.41, 5.74) is 6.86. The van der Waals surface area contributed by atoms with Gasteiger partial charge in [0, 0.05) is 60.3 Å². The number of rotatable bonds is 8. The van der Waals surface area contributed by atoms with Crippen LogP contribution in [0, 0.1) is 0 Å². The van der Waals surface area contributed by atoms with E-state index in [0.29, 0.717) is 28.5 Å². The normalized spacial score (nSPS) is 13.6. The van der Waals surface area contributed by atoms with E-state index in [1.807, 2.05) is 91.0 Å². The van der Waals surface area contributed by atoms with Gasteiger partial charge in [-0.05, 0) is 47.9 Å². The molecule has 4 heterocycles. The van der Waals surface area contributed by atoms with Gasteiger partial charge in [0.2, 0.25) is 0 Å². The first-order valence-electron chi connectivity index (χ1n) is 28.2. The molecule has 0 aliphatic rings. The molecule has 10 aromatic carbocycles. The average Bonchev–Trinajstić information content (AvgIpc) is 1.85. The van der Waals surface area contributed by atoms with E-state index in [2.05, 4.69) is 93.0 Å². The Bertz CT molecular complexity index is 4800. The van der Waals surface area contributed by atoms with Crippen molar-refractivity contribution in [1.29, 1.82) is 0 Å². The number of hydrogen-bond acceptors (Lipinski definition) is 6. The van der Waals surface area contributed by atoms with E-state index >= 15 is 0 Å². The second-order valence-corrected chi connectivity index (χ2v) is 17.1. The zero-order valence-electron chi connectivity index (χ0n) is 47.9. The van der Waals surface area contributed by atoms with Crippen LogP contribution < -0.4 is 0 Å². The molecule has 336 valence electrons. The van der Waals surface area contributed by atoms with Gasteiger partial charge in [-0.15, -0.1) is 0 Å². The third-order valence-corrected chi connectivity index (χ3v) is 13.0. The van der Waals surface area contributed by atoms with Crippen LogP contribution in [0.1, 0.15) is 13.7 Å². The molecular weight excluding hydrogens is 881 g/mol. The van der Waals surface area contributed by atoms with Crippen LogP contribution in [0.2, 0.25) is 0 Å². The number of benzene rings is 10. The lowest BCUT2D eigenvalue weighted by Gasteiger charge is -2.17. The first-order valence-corrected chi connectivity index (χ1v) is 23.2. The Labute approximate surface area is 428 Å². The molecule has 0 aliphatic carbocycles. The Morgan fingerprint density at radius 3 is 1.44 bits per heavy atom. The van der Waals surface area contributed by atoms with Crippen molar-refractivity contribution in [3.05, 3.63) is 242 Å². The standard InChI is InChI=1S/C64H40N8/c1-5-21-42(22-6-1)59-65-60(43-23-7-2-8-24-43)68-63(67-59)46-36-38-55(51(40-46)64-69-61(44-25-9-3-10-26-44)66-62(70-64)45-27-11-4-12-28-45)72-53-33-17-15-31-48(53)49-37-39-56-57(58(49)72)50-32-16-18-34-54(50)71(56)52-35-19-29-41-20-13-14-30-47(41)52/h1-40H/i1D,2D,5D,6D,7D,8D,21D,22D,23D,24D. The Hall–Kier alpha value is -9.92. The molecule has 0 radical (unpaired) electrons. The van der Waals surface area contributed by atoms with Gasteiger partial charge in [-0.2, -0.15) is 0 Å². The lowest BCUT2D eigenvalue weighted by molar-refractivity contribution is 1.06. The van der Waals surface area contributed by atoms with E-state index in [0.717, 1.165) is 71.2 Å². The molecule has 0 N–H and O–H groups in total. The molecule has 8 heteroatoms. The maximum atomic E-state index is 9.01. The number of nitrogens with zero attached hydrogens (tertiary/aromatic N) is 8. The molecule has 0 atom stereocenters.